The molecule has 1 amide bonds. The summed E-state index contributed by atoms with van der Waals surface area (Å²) < 4.78 is 0. The lowest BCUT2D eigenvalue weighted by atomic mass is 9.79. The van der Waals surface area contributed by atoms with E-state index in [1.807, 2.05) is 13.8 Å². The third-order valence-electron chi connectivity index (χ3n) is 3.75. The van der Waals surface area contributed by atoms with Gasteiger partial charge in [-0.25, -0.2) is 0 Å². The van der Waals surface area contributed by atoms with E-state index >= 15 is 0 Å². The first-order valence-corrected chi connectivity index (χ1v) is 7.14. The van der Waals surface area contributed by atoms with E-state index < -0.39 is 17.6 Å². The molecular weight excluding hydrogens is 244 g/mol. The van der Waals surface area contributed by atoms with Gasteiger partial charge in [-0.05, 0) is 25.2 Å². The lowest BCUT2D eigenvalue weighted by molar-refractivity contribution is -0.139. The third-order valence-corrected chi connectivity index (χ3v) is 3.75. The Labute approximate surface area is 114 Å². The van der Waals surface area contributed by atoms with Crippen molar-refractivity contribution < 1.29 is 14.7 Å². The van der Waals surface area contributed by atoms with Crippen molar-refractivity contribution >= 4 is 11.9 Å². The summed E-state index contributed by atoms with van der Waals surface area (Å²) in [5.41, 5.74) is 5.28. The van der Waals surface area contributed by atoms with Gasteiger partial charge in [0.15, 0.2) is 0 Å². The molecule has 1 saturated carbocycles. The average Bonchev–Trinajstić information content (AvgIpc) is 2.27. The fraction of sp³-hybridized carbons (Fsp3) is 0.857. The number of carbonyl (C=O) groups is 2. The Hall–Kier alpha value is -1.10. The zero-order valence-corrected chi connectivity index (χ0v) is 11.9. The van der Waals surface area contributed by atoms with Crippen LogP contribution in [0.4, 0.5) is 0 Å². The van der Waals surface area contributed by atoms with Gasteiger partial charge in [0, 0.05) is 0 Å². The summed E-state index contributed by atoms with van der Waals surface area (Å²) in [4.78, 5) is 23.1. The van der Waals surface area contributed by atoms with Crippen LogP contribution in [0.25, 0.3) is 0 Å². The summed E-state index contributed by atoms with van der Waals surface area (Å²) in [6, 6.07) is -0.549. The Bertz CT molecular complexity index is 323. The highest BCUT2D eigenvalue weighted by Gasteiger charge is 2.36. The molecule has 5 heteroatoms. The molecule has 1 atom stereocenters. The summed E-state index contributed by atoms with van der Waals surface area (Å²) in [6.07, 6.45) is 5.12. The molecule has 0 saturated heterocycles. The number of nitrogens with two attached hydrogens (primary N) is 1. The van der Waals surface area contributed by atoms with Crippen molar-refractivity contribution in [2.24, 2.45) is 11.7 Å². The van der Waals surface area contributed by atoms with Crippen molar-refractivity contribution in [2.45, 2.75) is 70.4 Å². The summed E-state index contributed by atoms with van der Waals surface area (Å²) >= 11 is 0. The average molecular weight is 270 g/mol. The van der Waals surface area contributed by atoms with Crippen LogP contribution in [0.5, 0.6) is 0 Å². The highest BCUT2D eigenvalue weighted by Crippen LogP contribution is 2.31. The van der Waals surface area contributed by atoms with Gasteiger partial charge in [-0.2, -0.15) is 0 Å². The van der Waals surface area contributed by atoms with Crippen LogP contribution in [0.1, 0.15) is 58.8 Å². The van der Waals surface area contributed by atoms with Crippen LogP contribution < -0.4 is 11.1 Å². The van der Waals surface area contributed by atoms with E-state index in [1.165, 1.54) is 0 Å². The fourth-order valence-electron chi connectivity index (χ4n) is 2.83. The highest BCUT2D eigenvalue weighted by molar-refractivity contribution is 5.83. The first kappa shape index (κ1) is 16.0. The predicted molar refractivity (Wildman–Crippen MR) is 73.6 cm³/mol. The minimum atomic E-state index is -0.861. The molecule has 1 aliphatic carbocycles. The monoisotopic (exact) mass is 270 g/mol. The van der Waals surface area contributed by atoms with Crippen LogP contribution in [0.2, 0.25) is 0 Å². The Balaban J connectivity index is 2.66. The number of hydrogen-bond acceptors (Lipinski definition) is 3. The summed E-state index contributed by atoms with van der Waals surface area (Å²) in [6.45, 7) is 4.03. The van der Waals surface area contributed by atoms with Gasteiger partial charge in [0.2, 0.25) is 5.91 Å². The van der Waals surface area contributed by atoms with Gasteiger partial charge >= 0.3 is 5.97 Å². The molecule has 4 N–H and O–H groups in total. The molecule has 0 bridgehead atoms. The van der Waals surface area contributed by atoms with E-state index in [1.54, 1.807) is 0 Å². The van der Waals surface area contributed by atoms with Crippen LogP contribution in [-0.4, -0.2) is 28.6 Å². The normalized spacial score (nSPS) is 20.0. The predicted octanol–water partition coefficient (Wildman–Crippen LogP) is 1.65. The quantitative estimate of drug-likeness (QED) is 0.684. The van der Waals surface area contributed by atoms with Crippen molar-refractivity contribution in [1.29, 1.82) is 0 Å². The van der Waals surface area contributed by atoms with E-state index in [2.05, 4.69) is 5.32 Å². The lowest BCUT2D eigenvalue weighted by Gasteiger charge is -2.37. The molecule has 0 spiro atoms. The van der Waals surface area contributed by atoms with Crippen LogP contribution in [0.15, 0.2) is 0 Å². The van der Waals surface area contributed by atoms with E-state index in [4.69, 9.17) is 10.8 Å². The molecule has 19 heavy (non-hydrogen) atoms. The standard InChI is InChI=1S/C14H26N2O3/c1-10(2)8-11(15)13(19)16-14(9-12(17)18)6-4-3-5-7-14/h10-11H,3-9,15H2,1-2H3,(H,16,19)(H,17,18). The number of aliphatic carboxylic acids is 1. The smallest absolute Gasteiger partial charge is 0.305 e. The number of carboxylic acid groups (broad SMARTS) is 1. The van der Waals surface area contributed by atoms with Crippen LogP contribution in [-0.2, 0) is 9.59 Å². The second kappa shape index (κ2) is 6.89. The molecule has 1 fully saturated rings. The Morgan fingerprint density at radius 3 is 2.32 bits per heavy atom. The zero-order valence-electron chi connectivity index (χ0n) is 11.9. The minimum absolute atomic E-state index is 0.00681. The molecule has 5 nitrogen and oxygen atoms in total. The van der Waals surface area contributed by atoms with Crippen molar-refractivity contribution in [3.8, 4) is 0 Å². The molecule has 0 heterocycles. The van der Waals surface area contributed by atoms with E-state index in [0.29, 0.717) is 12.3 Å². The summed E-state index contributed by atoms with van der Waals surface area (Å²) in [7, 11) is 0. The van der Waals surface area contributed by atoms with E-state index in [0.717, 1.165) is 32.1 Å². The van der Waals surface area contributed by atoms with Crippen LogP contribution in [0, 0.1) is 5.92 Å². The molecule has 0 aromatic rings. The number of hydrogen-bond donors (Lipinski definition) is 3. The Morgan fingerprint density at radius 2 is 1.84 bits per heavy atom. The first-order chi connectivity index (χ1) is 8.84. The second-order valence-corrected chi connectivity index (χ2v) is 6.14. The largest absolute Gasteiger partial charge is 0.481 e. The summed E-state index contributed by atoms with van der Waals surface area (Å²) in [5.74, 6) is -0.723. The van der Waals surface area contributed by atoms with Gasteiger partial charge in [-0.1, -0.05) is 33.1 Å². The van der Waals surface area contributed by atoms with Crippen molar-refractivity contribution in [3.05, 3.63) is 0 Å². The molecule has 0 aromatic heterocycles. The minimum Gasteiger partial charge on any atom is -0.481 e. The Kier molecular flexibility index (Phi) is 5.79. The van der Waals surface area contributed by atoms with Gasteiger partial charge in [0.05, 0.1) is 18.0 Å². The van der Waals surface area contributed by atoms with Crippen molar-refractivity contribution in [2.75, 3.05) is 0 Å². The topological polar surface area (TPSA) is 92.4 Å². The number of nitrogens with one attached hydrogen (secondary N) is 1. The zero-order chi connectivity index (χ0) is 14.5. The maximum atomic E-state index is 12.1. The summed E-state index contributed by atoms with van der Waals surface area (Å²) in [5, 5.41) is 12.0. The van der Waals surface area contributed by atoms with Crippen LogP contribution >= 0.6 is 0 Å². The van der Waals surface area contributed by atoms with Gasteiger partial charge in [-0.3, -0.25) is 9.59 Å². The van der Waals surface area contributed by atoms with E-state index in [9.17, 15) is 9.59 Å². The van der Waals surface area contributed by atoms with Gasteiger partial charge in [0.1, 0.15) is 0 Å². The number of carbonyl (C=O) groups excluding carboxylic acids is 1. The molecule has 0 radical (unpaired) electrons. The van der Waals surface area contributed by atoms with Crippen molar-refractivity contribution in [1.82, 2.24) is 5.32 Å². The maximum Gasteiger partial charge on any atom is 0.305 e. The molecule has 1 unspecified atom stereocenters. The van der Waals surface area contributed by atoms with Crippen molar-refractivity contribution in [3.63, 3.8) is 0 Å². The number of rotatable bonds is 6. The molecular formula is C14H26N2O3. The number of amides is 1. The Morgan fingerprint density at radius 1 is 1.26 bits per heavy atom. The lowest BCUT2D eigenvalue weighted by Crippen LogP contribution is -2.55. The molecule has 1 rings (SSSR count). The number of carboxylic acids is 1. The second-order valence-electron chi connectivity index (χ2n) is 6.14. The molecule has 110 valence electrons. The van der Waals surface area contributed by atoms with Gasteiger partial charge < -0.3 is 16.2 Å². The third kappa shape index (κ3) is 5.19. The van der Waals surface area contributed by atoms with E-state index in [-0.39, 0.29) is 12.3 Å². The molecule has 0 aliphatic heterocycles. The molecule has 1 aliphatic rings. The maximum absolute atomic E-state index is 12.1. The van der Waals surface area contributed by atoms with Crippen LogP contribution in [0.3, 0.4) is 0 Å². The SMILES string of the molecule is CC(C)CC(N)C(=O)NC1(CC(=O)O)CCCCC1. The first-order valence-electron chi connectivity index (χ1n) is 7.14. The molecule has 0 aromatic carbocycles. The van der Waals surface area contributed by atoms with Gasteiger partial charge in [-0.15, -0.1) is 0 Å². The fourth-order valence-corrected chi connectivity index (χ4v) is 2.83. The van der Waals surface area contributed by atoms with Gasteiger partial charge in [0.25, 0.3) is 0 Å². The highest BCUT2D eigenvalue weighted by atomic mass is 16.4.